The van der Waals surface area contributed by atoms with Crippen LogP contribution >= 0.6 is 0 Å². The van der Waals surface area contributed by atoms with E-state index in [2.05, 4.69) is 4.74 Å². The van der Waals surface area contributed by atoms with Gasteiger partial charge in [-0.3, -0.25) is 14.9 Å². The molecule has 10 nitrogen and oxygen atoms in total. The quantitative estimate of drug-likeness (QED) is 0.457. The number of benzene rings is 2. The number of hydrogen-bond donors (Lipinski definition) is 1. The highest BCUT2D eigenvalue weighted by Gasteiger charge is 2.40. The Morgan fingerprint density at radius 2 is 1.94 bits per heavy atom. The van der Waals surface area contributed by atoms with Crippen LogP contribution < -0.4 is 4.74 Å². The van der Waals surface area contributed by atoms with E-state index in [0.29, 0.717) is 5.56 Å². The standard InChI is InChI=1S/C19H19F2N3O7S/c20-19(21)31-15-5-3-4-13(8-15)9-23-14(12-25)10-22(11-18(23)26)32(29,30)17-7-2-1-6-16(17)24(27)28/h1-8,14,19,25H,9-12H2/t14-/m1/s1. The first kappa shape index (κ1) is 23.5. The van der Waals surface area contributed by atoms with E-state index in [4.69, 9.17) is 0 Å². The molecule has 1 saturated heterocycles. The Balaban J connectivity index is 1.83. The molecule has 1 amide bonds. The maximum absolute atomic E-state index is 13.0. The second kappa shape index (κ2) is 9.54. The molecule has 0 saturated carbocycles. The number of piperazine rings is 1. The molecule has 0 unspecified atom stereocenters. The molecule has 0 spiro atoms. The lowest BCUT2D eigenvalue weighted by Crippen LogP contribution is -2.58. The molecule has 1 atom stereocenters. The lowest BCUT2D eigenvalue weighted by atomic mass is 10.1. The van der Waals surface area contributed by atoms with Crippen molar-refractivity contribution in [2.75, 3.05) is 19.7 Å². The summed E-state index contributed by atoms with van der Waals surface area (Å²) in [5, 5.41) is 21.0. The summed E-state index contributed by atoms with van der Waals surface area (Å²) in [5.41, 5.74) is -0.191. The molecule has 0 aliphatic carbocycles. The molecule has 3 rings (SSSR count). The van der Waals surface area contributed by atoms with Crippen LogP contribution in [0.25, 0.3) is 0 Å². The SMILES string of the molecule is O=C1CN(S(=O)(=O)c2ccccc2[N+](=O)[O-])C[C@H](CO)N1Cc1cccc(OC(F)F)c1. The number of ether oxygens (including phenoxy) is 1. The summed E-state index contributed by atoms with van der Waals surface area (Å²) in [6.45, 7) is -4.58. The number of sulfonamides is 1. The highest BCUT2D eigenvalue weighted by atomic mass is 32.2. The Hall–Kier alpha value is -3.16. The number of nitro groups is 1. The van der Waals surface area contributed by atoms with E-state index in [9.17, 15) is 37.2 Å². The fourth-order valence-electron chi connectivity index (χ4n) is 3.38. The fraction of sp³-hybridized carbons (Fsp3) is 0.316. The molecule has 32 heavy (non-hydrogen) atoms. The van der Waals surface area contributed by atoms with Gasteiger partial charge < -0.3 is 14.7 Å². The van der Waals surface area contributed by atoms with Crippen molar-refractivity contribution in [2.24, 2.45) is 0 Å². The van der Waals surface area contributed by atoms with Gasteiger partial charge in [0.25, 0.3) is 5.69 Å². The molecule has 2 aromatic rings. The number of nitrogens with zero attached hydrogens (tertiary/aromatic N) is 3. The maximum atomic E-state index is 13.0. The molecule has 1 heterocycles. The summed E-state index contributed by atoms with van der Waals surface area (Å²) in [6, 6.07) is 9.47. The smallest absolute Gasteiger partial charge is 0.387 e. The van der Waals surface area contributed by atoms with Crippen molar-refractivity contribution in [3.05, 3.63) is 64.2 Å². The Morgan fingerprint density at radius 1 is 1.22 bits per heavy atom. The third-order valence-electron chi connectivity index (χ3n) is 4.85. The van der Waals surface area contributed by atoms with Crippen molar-refractivity contribution in [3.63, 3.8) is 0 Å². The minimum absolute atomic E-state index is 0.0795. The summed E-state index contributed by atoms with van der Waals surface area (Å²) >= 11 is 0. The number of amides is 1. The number of hydrogen-bond acceptors (Lipinski definition) is 7. The summed E-state index contributed by atoms with van der Waals surface area (Å²) in [5.74, 6) is -0.763. The van der Waals surface area contributed by atoms with Crippen LogP contribution in [0.3, 0.4) is 0 Å². The molecular weight excluding hydrogens is 452 g/mol. The molecule has 1 fully saturated rings. The third kappa shape index (κ3) is 5.00. The zero-order valence-corrected chi connectivity index (χ0v) is 17.3. The highest BCUT2D eigenvalue weighted by molar-refractivity contribution is 7.89. The van der Waals surface area contributed by atoms with Crippen molar-refractivity contribution < 1.29 is 36.8 Å². The predicted octanol–water partition coefficient (Wildman–Crippen LogP) is 1.59. The Labute approximate surface area is 181 Å². The lowest BCUT2D eigenvalue weighted by molar-refractivity contribution is -0.387. The summed E-state index contributed by atoms with van der Waals surface area (Å²) in [6.07, 6.45) is 0. The zero-order chi connectivity index (χ0) is 23.5. The summed E-state index contributed by atoms with van der Waals surface area (Å²) < 4.78 is 56.0. The molecule has 1 N–H and O–H groups in total. The van der Waals surface area contributed by atoms with E-state index in [0.717, 1.165) is 16.4 Å². The van der Waals surface area contributed by atoms with Crippen molar-refractivity contribution in [2.45, 2.75) is 24.1 Å². The molecule has 0 aromatic heterocycles. The number of nitro benzene ring substituents is 1. The zero-order valence-electron chi connectivity index (χ0n) is 16.5. The number of para-hydroxylation sites is 1. The fourth-order valence-corrected chi connectivity index (χ4v) is 4.97. The van der Waals surface area contributed by atoms with E-state index in [1.165, 1.54) is 35.2 Å². The average molecular weight is 471 g/mol. The van der Waals surface area contributed by atoms with Crippen LogP contribution in [-0.4, -0.2) is 65.9 Å². The van der Waals surface area contributed by atoms with Crippen molar-refractivity contribution in [1.29, 1.82) is 0 Å². The molecule has 13 heteroatoms. The third-order valence-corrected chi connectivity index (χ3v) is 6.71. The first-order valence-corrected chi connectivity index (χ1v) is 10.7. The molecule has 2 aromatic carbocycles. The normalized spacial score (nSPS) is 17.6. The van der Waals surface area contributed by atoms with Crippen LogP contribution in [0.4, 0.5) is 14.5 Å². The Bertz CT molecular complexity index is 1110. The van der Waals surface area contributed by atoms with Gasteiger partial charge in [-0.1, -0.05) is 24.3 Å². The number of alkyl halides is 2. The van der Waals surface area contributed by atoms with Crippen LogP contribution in [0.2, 0.25) is 0 Å². The lowest BCUT2D eigenvalue weighted by Gasteiger charge is -2.39. The van der Waals surface area contributed by atoms with Gasteiger partial charge in [-0.2, -0.15) is 13.1 Å². The van der Waals surface area contributed by atoms with E-state index in [1.807, 2.05) is 0 Å². The Morgan fingerprint density at radius 3 is 2.59 bits per heavy atom. The van der Waals surface area contributed by atoms with E-state index in [-0.39, 0.29) is 18.8 Å². The topological polar surface area (TPSA) is 130 Å². The number of aliphatic hydroxyl groups is 1. The van der Waals surface area contributed by atoms with Crippen molar-refractivity contribution >= 4 is 21.6 Å². The van der Waals surface area contributed by atoms with Crippen molar-refractivity contribution in [3.8, 4) is 5.75 Å². The van der Waals surface area contributed by atoms with Crippen molar-refractivity contribution in [1.82, 2.24) is 9.21 Å². The number of carbonyl (C=O) groups excluding carboxylic acids is 1. The minimum atomic E-state index is -4.40. The van der Waals surface area contributed by atoms with E-state index >= 15 is 0 Å². The summed E-state index contributed by atoms with van der Waals surface area (Å²) in [4.78, 5) is 23.8. The van der Waals surface area contributed by atoms with Crippen LogP contribution in [0.5, 0.6) is 5.75 Å². The number of halogens is 2. The maximum Gasteiger partial charge on any atom is 0.387 e. The first-order valence-electron chi connectivity index (χ1n) is 9.31. The van der Waals surface area contributed by atoms with Gasteiger partial charge in [0.05, 0.1) is 24.1 Å². The van der Waals surface area contributed by atoms with E-state index in [1.54, 1.807) is 6.07 Å². The van der Waals surface area contributed by atoms with Gasteiger partial charge in [0.2, 0.25) is 15.9 Å². The Kier molecular flexibility index (Phi) is 7.01. The molecule has 0 bridgehead atoms. The van der Waals surface area contributed by atoms with Gasteiger partial charge >= 0.3 is 6.61 Å². The number of carbonyl (C=O) groups is 1. The molecular formula is C19H19F2N3O7S. The summed E-state index contributed by atoms with van der Waals surface area (Å²) in [7, 11) is -4.40. The largest absolute Gasteiger partial charge is 0.435 e. The second-order valence-corrected chi connectivity index (χ2v) is 8.81. The minimum Gasteiger partial charge on any atom is -0.435 e. The second-order valence-electron chi connectivity index (χ2n) is 6.91. The van der Waals surface area contributed by atoms with E-state index < -0.39 is 57.2 Å². The number of rotatable bonds is 8. The molecule has 172 valence electrons. The van der Waals surface area contributed by atoms with Gasteiger partial charge in [0, 0.05) is 19.2 Å². The highest BCUT2D eigenvalue weighted by Crippen LogP contribution is 2.29. The molecule has 1 aliphatic rings. The van der Waals surface area contributed by atoms with Gasteiger partial charge in [-0.15, -0.1) is 0 Å². The number of aliphatic hydroxyl groups excluding tert-OH is 1. The van der Waals surface area contributed by atoms with Crippen LogP contribution in [0.1, 0.15) is 5.56 Å². The van der Waals surface area contributed by atoms with Gasteiger partial charge in [0.1, 0.15) is 5.75 Å². The monoisotopic (exact) mass is 471 g/mol. The van der Waals surface area contributed by atoms with Gasteiger partial charge in [-0.05, 0) is 23.8 Å². The van der Waals surface area contributed by atoms with Crippen LogP contribution in [0.15, 0.2) is 53.4 Å². The first-order chi connectivity index (χ1) is 15.1. The average Bonchev–Trinajstić information content (AvgIpc) is 2.74. The predicted molar refractivity (Wildman–Crippen MR) is 106 cm³/mol. The van der Waals surface area contributed by atoms with Crippen LogP contribution in [-0.2, 0) is 21.4 Å². The molecule has 0 radical (unpaired) electrons. The molecule has 1 aliphatic heterocycles. The van der Waals surface area contributed by atoms with Gasteiger partial charge in [0.15, 0.2) is 4.90 Å². The van der Waals surface area contributed by atoms with Crippen LogP contribution in [0, 0.1) is 10.1 Å². The van der Waals surface area contributed by atoms with Gasteiger partial charge in [-0.25, -0.2) is 8.42 Å².